The Bertz CT molecular complexity index is 4840. The van der Waals surface area contributed by atoms with Crippen LogP contribution in [0.4, 0.5) is 34.1 Å². The summed E-state index contributed by atoms with van der Waals surface area (Å²) in [5.41, 5.74) is 33.5. The van der Waals surface area contributed by atoms with Gasteiger partial charge in [0.15, 0.2) is 0 Å². The Balaban J connectivity index is 0.829. The van der Waals surface area contributed by atoms with Crippen LogP contribution in [-0.2, 0) is 27.1 Å². The van der Waals surface area contributed by atoms with E-state index in [1.165, 1.54) is 156 Å². The maximum Gasteiger partial charge on any atom is 0.0973 e. The average molecular weight is 1090 g/mol. The van der Waals surface area contributed by atoms with E-state index in [1.54, 1.807) is 0 Å². The van der Waals surface area contributed by atoms with Gasteiger partial charge in [0.1, 0.15) is 0 Å². The first-order chi connectivity index (χ1) is 41.0. The second kappa shape index (κ2) is 17.0. The van der Waals surface area contributed by atoms with E-state index in [4.69, 9.17) is 0 Å². The average Bonchev–Trinajstić information content (AvgIpc) is 1.62. The molecule has 85 heavy (non-hydrogen) atoms. The van der Waals surface area contributed by atoms with Gasteiger partial charge in [-0.15, -0.1) is 0 Å². The molecule has 0 N–H and O–H groups in total. The SMILES string of the molecule is CC1(C)C2=C(CCC=C2)c2c(N(c3c#cccc3)c3cc4c(c5ccccc35)-c3cc5c(cc3C4(C)C)-c3cc4c(cc3C5(C)C)-c3c(cc(N(c5ccccc5)c5cccc6c5-c5ccccc5C6(C)C)c5ccccc35)C4(C)C)cccc21. The highest BCUT2D eigenvalue weighted by atomic mass is 15.2. The van der Waals surface area contributed by atoms with Gasteiger partial charge in [0.2, 0.25) is 0 Å². The predicted octanol–water partition coefficient (Wildman–Crippen LogP) is 22.2. The van der Waals surface area contributed by atoms with Crippen LogP contribution in [0.15, 0.2) is 212 Å². The van der Waals surface area contributed by atoms with E-state index >= 15 is 0 Å². The number of nitrogens with zero attached hydrogens (tertiary/aromatic N) is 2. The Hall–Kier alpha value is -9.16. The predicted molar refractivity (Wildman–Crippen MR) is 357 cm³/mol. The maximum atomic E-state index is 3.61. The molecule has 0 amide bonds. The molecule has 0 aromatic heterocycles. The summed E-state index contributed by atoms with van der Waals surface area (Å²) in [5, 5.41) is 5.07. The zero-order valence-electron chi connectivity index (χ0n) is 50.4. The van der Waals surface area contributed by atoms with Crippen molar-refractivity contribution in [3.05, 3.63) is 280 Å². The van der Waals surface area contributed by atoms with Gasteiger partial charge in [0.05, 0.1) is 28.4 Å². The lowest BCUT2D eigenvalue weighted by molar-refractivity contribution is 0.649. The summed E-state index contributed by atoms with van der Waals surface area (Å²) in [6.45, 7) is 24.4. The third-order valence-corrected chi connectivity index (χ3v) is 21.5. The molecule has 0 atom stereocenters. The molecule has 0 spiro atoms. The van der Waals surface area contributed by atoms with Crippen molar-refractivity contribution in [1.82, 2.24) is 0 Å². The molecule has 11 aromatic rings. The lowest BCUT2D eigenvalue weighted by Gasteiger charge is -2.31. The van der Waals surface area contributed by atoms with Crippen LogP contribution >= 0.6 is 0 Å². The molecule has 0 fully saturated rings. The first-order valence-electron chi connectivity index (χ1n) is 30.8. The van der Waals surface area contributed by atoms with Crippen LogP contribution in [0.25, 0.3) is 71.6 Å². The molecule has 0 radical (unpaired) electrons. The Morgan fingerprint density at radius 2 is 0.824 bits per heavy atom. The second-order valence-electron chi connectivity index (χ2n) is 27.7. The van der Waals surface area contributed by atoms with Crippen LogP contribution in [0.3, 0.4) is 0 Å². The van der Waals surface area contributed by atoms with Gasteiger partial charge < -0.3 is 9.80 Å². The normalized spacial score (nSPS) is 17.2. The molecule has 11 aromatic carbocycles. The van der Waals surface area contributed by atoms with E-state index in [9.17, 15) is 0 Å². The Labute approximate surface area is 501 Å². The maximum absolute atomic E-state index is 3.61. The van der Waals surface area contributed by atoms with E-state index in [0.29, 0.717) is 0 Å². The number of para-hydroxylation sites is 1. The summed E-state index contributed by atoms with van der Waals surface area (Å²) in [4.78, 5) is 5.08. The van der Waals surface area contributed by atoms with Crippen LogP contribution in [0, 0.1) is 12.1 Å². The van der Waals surface area contributed by atoms with Crippen molar-refractivity contribution in [2.75, 3.05) is 9.80 Å². The van der Waals surface area contributed by atoms with Gasteiger partial charge in [-0.05, 0) is 203 Å². The van der Waals surface area contributed by atoms with Crippen molar-refractivity contribution in [2.45, 2.75) is 109 Å². The number of hydrogen-bond donors (Lipinski definition) is 0. The zero-order valence-corrected chi connectivity index (χ0v) is 50.4. The van der Waals surface area contributed by atoms with E-state index in [1.807, 2.05) is 6.07 Å². The second-order valence-corrected chi connectivity index (χ2v) is 27.7. The standard InChI is InChI=1S/C83H68N2/c1-79(2)61-37-23-21-35-55(61)77-63(79)39-25-41-71(77)84(49-27-13-11-14-28-49)73-47-69-75(53-33-19-17-31-51(53)73)59-45-65-57(43-67(59)82(69,7)8)58-44-68-60(46-66(58)81(65,5)6)76-54-34-20-18-32-52(54)74(48-70(76)83(68,9)10)85(50-29-15-12-16-30-50)72-42-26-40-64-78(72)56-36-22-24-38-62(56)80(64,3)4/h11-15,17-21,23-29,31-35,37-48H,22,36H2,1-10H3. The molecule has 0 bridgehead atoms. The van der Waals surface area contributed by atoms with E-state index in [2.05, 4.69) is 291 Å². The first-order valence-corrected chi connectivity index (χ1v) is 30.8. The molecule has 0 aliphatic heterocycles. The van der Waals surface area contributed by atoms with Crippen molar-refractivity contribution < 1.29 is 0 Å². The van der Waals surface area contributed by atoms with Crippen LogP contribution in [0.2, 0.25) is 0 Å². The van der Waals surface area contributed by atoms with Crippen LogP contribution in [0.5, 0.6) is 0 Å². The quantitative estimate of drug-likeness (QED) is 0.164. The molecule has 0 saturated carbocycles. The molecule has 2 nitrogen and oxygen atoms in total. The van der Waals surface area contributed by atoms with Crippen LogP contribution < -0.4 is 9.80 Å². The van der Waals surface area contributed by atoms with Gasteiger partial charge in [0.25, 0.3) is 0 Å². The molecule has 0 unspecified atom stereocenters. The molecule has 410 valence electrons. The molecular weight excluding hydrogens is 1020 g/mol. The van der Waals surface area contributed by atoms with E-state index in [0.717, 1.165) is 24.2 Å². The number of anilines is 6. The summed E-state index contributed by atoms with van der Waals surface area (Å²) in [6.07, 6.45) is 6.86. The molecule has 2 heteroatoms. The molecule has 6 aliphatic carbocycles. The third-order valence-electron chi connectivity index (χ3n) is 21.5. The van der Waals surface area contributed by atoms with Crippen LogP contribution in [0.1, 0.15) is 138 Å². The number of hydrogen-bond acceptors (Lipinski definition) is 2. The van der Waals surface area contributed by atoms with Gasteiger partial charge >= 0.3 is 0 Å². The molecule has 0 heterocycles. The Morgan fingerprint density at radius 3 is 1.42 bits per heavy atom. The minimum absolute atomic E-state index is 0.0937. The van der Waals surface area contributed by atoms with Gasteiger partial charge in [-0.1, -0.05) is 209 Å². The lowest BCUT2D eigenvalue weighted by Crippen LogP contribution is -2.19. The van der Waals surface area contributed by atoms with Crippen molar-refractivity contribution in [1.29, 1.82) is 0 Å². The van der Waals surface area contributed by atoms with Crippen molar-refractivity contribution in [3.8, 4) is 44.5 Å². The van der Waals surface area contributed by atoms with Crippen LogP contribution in [-0.4, -0.2) is 0 Å². The van der Waals surface area contributed by atoms with Gasteiger partial charge in [-0.3, -0.25) is 0 Å². The summed E-state index contributed by atoms with van der Waals surface area (Å²) in [7, 11) is 0. The van der Waals surface area contributed by atoms with Crippen molar-refractivity contribution in [3.63, 3.8) is 0 Å². The summed E-state index contributed by atoms with van der Waals surface area (Å²) in [5.74, 6) is 0. The lowest BCUT2D eigenvalue weighted by atomic mass is 9.78. The highest BCUT2D eigenvalue weighted by Crippen LogP contribution is 2.64. The molecular formula is C83H68N2. The Kier molecular flexibility index (Phi) is 10.1. The van der Waals surface area contributed by atoms with E-state index in [-0.39, 0.29) is 27.1 Å². The highest BCUT2D eigenvalue weighted by molar-refractivity contribution is 6.14. The first kappa shape index (κ1) is 50.4. The third kappa shape index (κ3) is 6.52. The smallest absolute Gasteiger partial charge is 0.0973 e. The van der Waals surface area contributed by atoms with Crippen molar-refractivity contribution in [2.24, 2.45) is 0 Å². The van der Waals surface area contributed by atoms with E-state index < -0.39 is 0 Å². The fourth-order valence-corrected chi connectivity index (χ4v) is 17.2. The number of fused-ring (bicyclic) bond motifs is 18. The topological polar surface area (TPSA) is 6.48 Å². The van der Waals surface area contributed by atoms with Gasteiger partial charge in [0, 0.05) is 54.7 Å². The summed E-state index contributed by atoms with van der Waals surface area (Å²) in [6, 6.07) is 81.4. The van der Waals surface area contributed by atoms with Crippen molar-refractivity contribution >= 4 is 61.2 Å². The Morgan fingerprint density at radius 1 is 0.341 bits per heavy atom. The monoisotopic (exact) mass is 1090 g/mol. The molecule has 17 rings (SSSR count). The zero-order chi connectivity index (χ0) is 57.8. The number of allylic oxidation sites excluding steroid dienone is 4. The van der Waals surface area contributed by atoms with Gasteiger partial charge in [-0.2, -0.15) is 0 Å². The number of rotatable bonds is 6. The minimum Gasteiger partial charge on any atom is -0.309 e. The number of benzene rings is 10. The molecule has 6 aliphatic rings. The fraction of sp³-hybridized carbons (Fsp3) is 0.205. The van der Waals surface area contributed by atoms with Gasteiger partial charge in [-0.25, -0.2) is 0 Å². The summed E-state index contributed by atoms with van der Waals surface area (Å²) >= 11 is 0. The fourth-order valence-electron chi connectivity index (χ4n) is 17.2. The summed E-state index contributed by atoms with van der Waals surface area (Å²) < 4.78 is 0. The largest absolute Gasteiger partial charge is 0.309 e. The molecule has 0 saturated heterocycles. The minimum atomic E-state index is -0.309. The highest BCUT2D eigenvalue weighted by Gasteiger charge is 2.47.